The molecule has 0 saturated heterocycles. The van der Waals surface area contributed by atoms with Crippen LogP contribution in [0.15, 0.2) is 48.7 Å². The van der Waals surface area contributed by atoms with Gasteiger partial charge >= 0.3 is 0 Å². The molecule has 3 aromatic rings. The van der Waals surface area contributed by atoms with Crippen molar-refractivity contribution in [1.82, 2.24) is 9.97 Å². The summed E-state index contributed by atoms with van der Waals surface area (Å²) in [5.74, 6) is 0.349. The van der Waals surface area contributed by atoms with E-state index < -0.39 is 6.10 Å². The first-order valence-electron chi connectivity index (χ1n) is 6.41. The summed E-state index contributed by atoms with van der Waals surface area (Å²) >= 11 is 0. The molecule has 0 saturated carbocycles. The molecule has 0 aliphatic rings. The summed E-state index contributed by atoms with van der Waals surface area (Å²) in [4.78, 5) is 8.45. The highest BCUT2D eigenvalue weighted by molar-refractivity contribution is 5.79. The molecule has 3 N–H and O–H groups in total. The van der Waals surface area contributed by atoms with Crippen LogP contribution in [0.1, 0.15) is 22.9 Å². The number of aryl methyl sites for hydroxylation is 1. The highest BCUT2D eigenvalue weighted by Gasteiger charge is 2.14. The first-order valence-corrected chi connectivity index (χ1v) is 6.41. The quantitative estimate of drug-likeness (QED) is 0.747. The van der Waals surface area contributed by atoms with Gasteiger partial charge in [-0.2, -0.15) is 0 Å². The molecule has 0 radical (unpaired) electrons. The van der Waals surface area contributed by atoms with Gasteiger partial charge in [0.05, 0.1) is 5.52 Å². The topological polar surface area (TPSA) is 72.0 Å². The predicted molar refractivity (Wildman–Crippen MR) is 79.2 cm³/mol. The van der Waals surface area contributed by atoms with E-state index >= 15 is 0 Å². The van der Waals surface area contributed by atoms with Crippen molar-refractivity contribution in [2.75, 3.05) is 5.73 Å². The molecule has 4 nitrogen and oxygen atoms in total. The highest BCUT2D eigenvalue weighted by atomic mass is 16.3. The van der Waals surface area contributed by atoms with Crippen LogP contribution in [-0.4, -0.2) is 15.1 Å². The summed E-state index contributed by atoms with van der Waals surface area (Å²) in [6, 6.07) is 13.2. The number of hydrogen-bond donors (Lipinski definition) is 2. The molecule has 2 heterocycles. The molecule has 0 spiro atoms. The maximum atomic E-state index is 10.4. The maximum Gasteiger partial charge on any atom is 0.129 e. The lowest BCUT2D eigenvalue weighted by Gasteiger charge is -2.13. The van der Waals surface area contributed by atoms with Crippen LogP contribution in [-0.2, 0) is 0 Å². The van der Waals surface area contributed by atoms with E-state index in [0.29, 0.717) is 11.4 Å². The summed E-state index contributed by atoms with van der Waals surface area (Å²) in [6.45, 7) is 1.96. The smallest absolute Gasteiger partial charge is 0.129 e. The number of nitrogens with zero attached hydrogens (tertiary/aromatic N) is 2. The standard InChI is InChI=1S/C16H15N3O/c1-10-4-5-11-9-12(6-7-14(11)19-10)15(20)13-3-2-8-18-16(13)17/h2-9,15,20H,1H3,(H2,17,18). The molecular formula is C16H15N3O. The minimum Gasteiger partial charge on any atom is -0.384 e. The molecule has 1 aromatic carbocycles. The lowest BCUT2D eigenvalue weighted by molar-refractivity contribution is 0.221. The first kappa shape index (κ1) is 12.6. The van der Waals surface area contributed by atoms with Crippen LogP contribution in [0.2, 0.25) is 0 Å². The van der Waals surface area contributed by atoms with Crippen LogP contribution < -0.4 is 5.73 Å². The second-order valence-corrected chi connectivity index (χ2v) is 4.79. The Morgan fingerprint density at radius 1 is 1.15 bits per heavy atom. The number of nitrogens with two attached hydrogens (primary N) is 1. The van der Waals surface area contributed by atoms with Gasteiger partial charge in [-0.25, -0.2) is 4.98 Å². The maximum absolute atomic E-state index is 10.4. The van der Waals surface area contributed by atoms with Crippen molar-refractivity contribution in [2.45, 2.75) is 13.0 Å². The van der Waals surface area contributed by atoms with Crippen molar-refractivity contribution in [2.24, 2.45) is 0 Å². The van der Waals surface area contributed by atoms with Gasteiger partial charge in [0.25, 0.3) is 0 Å². The summed E-state index contributed by atoms with van der Waals surface area (Å²) in [5, 5.41) is 11.4. The van der Waals surface area contributed by atoms with Gasteiger partial charge in [-0.05, 0) is 36.8 Å². The van der Waals surface area contributed by atoms with Gasteiger partial charge in [-0.3, -0.25) is 4.98 Å². The van der Waals surface area contributed by atoms with Crippen molar-refractivity contribution in [1.29, 1.82) is 0 Å². The molecule has 0 aliphatic heterocycles. The molecule has 0 fully saturated rings. The van der Waals surface area contributed by atoms with Gasteiger partial charge in [0.2, 0.25) is 0 Å². The van der Waals surface area contributed by atoms with Crippen molar-refractivity contribution in [3.05, 3.63) is 65.5 Å². The van der Waals surface area contributed by atoms with Gasteiger partial charge in [-0.15, -0.1) is 0 Å². The molecule has 100 valence electrons. The molecule has 2 aromatic heterocycles. The third-order valence-corrected chi connectivity index (χ3v) is 3.33. The van der Waals surface area contributed by atoms with E-state index in [1.165, 1.54) is 0 Å². The van der Waals surface area contributed by atoms with Crippen molar-refractivity contribution in [3.63, 3.8) is 0 Å². The first-order chi connectivity index (χ1) is 9.65. The van der Waals surface area contributed by atoms with E-state index in [4.69, 9.17) is 5.73 Å². The SMILES string of the molecule is Cc1ccc2cc(C(O)c3cccnc3N)ccc2n1. The Labute approximate surface area is 116 Å². The summed E-state index contributed by atoms with van der Waals surface area (Å²) < 4.78 is 0. The zero-order chi connectivity index (χ0) is 14.1. The Morgan fingerprint density at radius 3 is 2.80 bits per heavy atom. The summed E-state index contributed by atoms with van der Waals surface area (Å²) in [5.41, 5.74) is 9.10. The zero-order valence-corrected chi connectivity index (χ0v) is 11.1. The van der Waals surface area contributed by atoms with E-state index in [1.54, 1.807) is 18.3 Å². The average molecular weight is 265 g/mol. The second-order valence-electron chi connectivity index (χ2n) is 4.79. The monoisotopic (exact) mass is 265 g/mol. The Balaban J connectivity index is 2.06. The average Bonchev–Trinajstić information content (AvgIpc) is 2.46. The molecule has 1 unspecified atom stereocenters. The van der Waals surface area contributed by atoms with E-state index in [0.717, 1.165) is 22.2 Å². The number of rotatable bonds is 2. The van der Waals surface area contributed by atoms with E-state index in [-0.39, 0.29) is 0 Å². The molecule has 3 rings (SSSR count). The number of hydrogen-bond acceptors (Lipinski definition) is 4. The largest absolute Gasteiger partial charge is 0.384 e. The number of benzene rings is 1. The van der Waals surface area contributed by atoms with Crippen molar-refractivity contribution >= 4 is 16.7 Å². The van der Waals surface area contributed by atoms with E-state index in [9.17, 15) is 5.11 Å². The predicted octanol–water partition coefficient (Wildman–Crippen LogP) is 2.60. The van der Waals surface area contributed by atoms with Gasteiger partial charge in [0, 0.05) is 22.8 Å². The Hall–Kier alpha value is -2.46. The third kappa shape index (κ3) is 2.21. The number of nitrogen functional groups attached to an aromatic ring is 1. The summed E-state index contributed by atoms with van der Waals surface area (Å²) in [7, 11) is 0. The van der Waals surface area contributed by atoms with Crippen LogP contribution in [0.3, 0.4) is 0 Å². The number of aliphatic hydroxyl groups excluding tert-OH is 1. The molecule has 0 bridgehead atoms. The van der Waals surface area contributed by atoms with Crippen LogP contribution in [0.5, 0.6) is 0 Å². The molecule has 1 atom stereocenters. The van der Waals surface area contributed by atoms with Gasteiger partial charge in [0.15, 0.2) is 0 Å². The molecule has 4 heteroatoms. The molecule has 20 heavy (non-hydrogen) atoms. The zero-order valence-electron chi connectivity index (χ0n) is 11.1. The van der Waals surface area contributed by atoms with Crippen molar-refractivity contribution in [3.8, 4) is 0 Å². The van der Waals surface area contributed by atoms with Crippen LogP contribution in [0.25, 0.3) is 10.9 Å². The Bertz CT molecular complexity index is 771. The lowest BCUT2D eigenvalue weighted by atomic mass is 10.0. The van der Waals surface area contributed by atoms with Gasteiger partial charge in [-0.1, -0.05) is 18.2 Å². The van der Waals surface area contributed by atoms with Crippen LogP contribution in [0, 0.1) is 6.92 Å². The highest BCUT2D eigenvalue weighted by Crippen LogP contribution is 2.27. The number of aromatic nitrogens is 2. The molecule has 0 aliphatic carbocycles. The number of aliphatic hydroxyl groups is 1. The Kier molecular flexibility index (Phi) is 3.08. The van der Waals surface area contributed by atoms with Crippen molar-refractivity contribution < 1.29 is 5.11 Å². The lowest BCUT2D eigenvalue weighted by Crippen LogP contribution is -2.05. The number of fused-ring (bicyclic) bond motifs is 1. The van der Waals surface area contributed by atoms with Gasteiger partial charge < -0.3 is 10.8 Å². The van der Waals surface area contributed by atoms with Gasteiger partial charge in [0.1, 0.15) is 11.9 Å². The van der Waals surface area contributed by atoms with Crippen LogP contribution >= 0.6 is 0 Å². The second kappa shape index (κ2) is 4.90. The number of pyridine rings is 2. The summed E-state index contributed by atoms with van der Waals surface area (Å²) in [6.07, 6.45) is 0.827. The minimum absolute atomic E-state index is 0.349. The van der Waals surface area contributed by atoms with E-state index in [2.05, 4.69) is 9.97 Å². The fraction of sp³-hybridized carbons (Fsp3) is 0.125. The molecule has 0 amide bonds. The third-order valence-electron chi connectivity index (χ3n) is 3.33. The van der Waals surface area contributed by atoms with Crippen LogP contribution in [0.4, 0.5) is 5.82 Å². The minimum atomic E-state index is -0.783. The molecular weight excluding hydrogens is 250 g/mol. The Morgan fingerprint density at radius 2 is 2.00 bits per heavy atom. The number of anilines is 1. The normalized spacial score (nSPS) is 12.5. The van der Waals surface area contributed by atoms with E-state index in [1.807, 2.05) is 37.3 Å². The fourth-order valence-electron chi connectivity index (χ4n) is 2.26. The fourth-order valence-corrected chi connectivity index (χ4v) is 2.26.